The van der Waals surface area contributed by atoms with Gasteiger partial charge < -0.3 is 9.15 Å². The molecule has 0 radical (unpaired) electrons. The first-order chi connectivity index (χ1) is 16.1. The molecule has 7 nitrogen and oxygen atoms in total. The van der Waals surface area contributed by atoms with Crippen LogP contribution in [0.4, 0.5) is 5.13 Å². The Morgan fingerprint density at radius 1 is 1.15 bits per heavy atom. The molecule has 3 heterocycles. The van der Waals surface area contributed by atoms with Crippen molar-refractivity contribution < 1.29 is 13.9 Å². The van der Waals surface area contributed by atoms with E-state index in [-0.39, 0.29) is 11.2 Å². The Hall–Kier alpha value is -3.78. The van der Waals surface area contributed by atoms with E-state index in [2.05, 4.69) is 23.7 Å². The van der Waals surface area contributed by atoms with Gasteiger partial charge in [0, 0.05) is 6.42 Å². The van der Waals surface area contributed by atoms with Gasteiger partial charge in [0.05, 0.1) is 17.0 Å². The van der Waals surface area contributed by atoms with E-state index >= 15 is 0 Å². The summed E-state index contributed by atoms with van der Waals surface area (Å²) in [5.41, 5.74) is 1.22. The third-order valence-corrected chi connectivity index (χ3v) is 6.45. The first-order valence-electron chi connectivity index (χ1n) is 10.7. The Morgan fingerprint density at radius 2 is 1.94 bits per heavy atom. The average molecular weight is 460 g/mol. The molecule has 0 fully saturated rings. The molecule has 0 N–H and O–H groups in total. The Labute approximate surface area is 194 Å². The minimum absolute atomic E-state index is 0.0444. The Morgan fingerprint density at radius 3 is 2.70 bits per heavy atom. The largest absolute Gasteiger partial charge is 0.490 e. The van der Waals surface area contributed by atoms with Crippen molar-refractivity contribution in [3.63, 3.8) is 0 Å². The normalized spacial score (nSPS) is 15.1. The molecule has 0 spiro atoms. The molecule has 1 aliphatic heterocycles. The highest BCUT2D eigenvalue weighted by Gasteiger charge is 2.45. The molecule has 0 aliphatic carbocycles. The van der Waals surface area contributed by atoms with Crippen molar-refractivity contribution in [2.75, 3.05) is 11.5 Å². The van der Waals surface area contributed by atoms with Gasteiger partial charge in [0.1, 0.15) is 22.9 Å². The van der Waals surface area contributed by atoms with Gasteiger partial charge in [-0.05, 0) is 36.2 Å². The van der Waals surface area contributed by atoms with Gasteiger partial charge in [0.25, 0.3) is 5.91 Å². The van der Waals surface area contributed by atoms with Crippen LogP contribution in [0, 0.1) is 0 Å². The van der Waals surface area contributed by atoms with Crippen LogP contribution in [0.2, 0.25) is 0 Å². The summed E-state index contributed by atoms with van der Waals surface area (Å²) in [5.74, 6) is 0.313. The molecule has 8 heteroatoms. The van der Waals surface area contributed by atoms with Gasteiger partial charge in [-0.1, -0.05) is 55.2 Å². The van der Waals surface area contributed by atoms with Crippen molar-refractivity contribution in [3.8, 4) is 5.75 Å². The van der Waals surface area contributed by atoms with Crippen molar-refractivity contribution in [1.82, 2.24) is 10.2 Å². The third kappa shape index (κ3) is 3.62. The standard InChI is InChI=1S/C25H21N3O4S/c1-3-7-19-26-27-25(33-19)28-21(15-10-12-16(13-11-15)31-14-4-2)20-22(29)17-8-5-6-9-18(17)32-23(20)24(28)30/h4-6,8-13,21H,2-3,7,14H2,1H3. The van der Waals surface area contributed by atoms with Gasteiger partial charge in [0.2, 0.25) is 10.9 Å². The van der Waals surface area contributed by atoms with Gasteiger partial charge in [-0.25, -0.2) is 0 Å². The van der Waals surface area contributed by atoms with E-state index in [4.69, 9.17) is 9.15 Å². The van der Waals surface area contributed by atoms with Crippen LogP contribution in [0.1, 0.15) is 46.1 Å². The summed E-state index contributed by atoms with van der Waals surface area (Å²) < 4.78 is 11.5. The maximum absolute atomic E-state index is 13.5. The summed E-state index contributed by atoms with van der Waals surface area (Å²) >= 11 is 1.36. The van der Waals surface area contributed by atoms with Crippen molar-refractivity contribution in [2.24, 2.45) is 0 Å². The van der Waals surface area contributed by atoms with E-state index in [1.165, 1.54) is 16.2 Å². The average Bonchev–Trinajstić information content (AvgIpc) is 3.41. The van der Waals surface area contributed by atoms with Gasteiger partial charge in [0.15, 0.2) is 5.43 Å². The fourth-order valence-corrected chi connectivity index (χ4v) is 4.96. The van der Waals surface area contributed by atoms with Crippen LogP contribution < -0.4 is 15.1 Å². The number of para-hydroxylation sites is 1. The van der Waals surface area contributed by atoms with Crippen LogP contribution in [0.5, 0.6) is 5.75 Å². The molecule has 5 rings (SSSR count). The third-order valence-electron chi connectivity index (χ3n) is 5.47. The topological polar surface area (TPSA) is 85.5 Å². The van der Waals surface area contributed by atoms with Gasteiger partial charge >= 0.3 is 0 Å². The van der Waals surface area contributed by atoms with E-state index in [0.717, 1.165) is 23.4 Å². The number of fused-ring (bicyclic) bond motifs is 2. The maximum atomic E-state index is 13.5. The van der Waals surface area contributed by atoms with Crippen LogP contribution in [0.3, 0.4) is 0 Å². The predicted molar refractivity (Wildman–Crippen MR) is 127 cm³/mol. The SMILES string of the molecule is C=CCOc1ccc(C2c3c(oc4ccccc4c3=O)C(=O)N2c2nnc(CCC)s2)cc1. The predicted octanol–water partition coefficient (Wildman–Crippen LogP) is 4.91. The van der Waals surface area contributed by atoms with Crippen LogP contribution in [0.15, 0.2) is 70.4 Å². The molecule has 0 saturated heterocycles. The number of carbonyl (C=O) groups excluding carboxylic acids is 1. The first kappa shape index (κ1) is 21.1. The molecule has 2 aromatic carbocycles. The number of hydrogen-bond donors (Lipinski definition) is 0. The smallest absolute Gasteiger partial charge is 0.297 e. The highest BCUT2D eigenvalue weighted by atomic mass is 32.1. The number of rotatable bonds is 7. The number of anilines is 1. The molecule has 1 amide bonds. The summed E-state index contributed by atoms with van der Waals surface area (Å²) in [6, 6.07) is 13.6. The number of benzene rings is 2. The minimum atomic E-state index is -0.677. The lowest BCUT2D eigenvalue weighted by Gasteiger charge is -2.22. The molecule has 0 bridgehead atoms. The highest BCUT2D eigenvalue weighted by molar-refractivity contribution is 7.15. The first-order valence-corrected chi connectivity index (χ1v) is 11.5. The molecule has 1 aliphatic rings. The zero-order valence-corrected chi connectivity index (χ0v) is 18.8. The second-order valence-electron chi connectivity index (χ2n) is 7.64. The lowest BCUT2D eigenvalue weighted by molar-refractivity contribution is 0.0970. The zero-order chi connectivity index (χ0) is 22.9. The number of hydrogen-bond acceptors (Lipinski definition) is 7. The molecular weight excluding hydrogens is 438 g/mol. The molecule has 0 saturated carbocycles. The van der Waals surface area contributed by atoms with Crippen molar-refractivity contribution in [2.45, 2.75) is 25.8 Å². The second kappa shape index (κ2) is 8.63. The fourth-order valence-electron chi connectivity index (χ4n) is 3.99. The molecule has 2 aromatic heterocycles. The van der Waals surface area contributed by atoms with E-state index < -0.39 is 11.9 Å². The van der Waals surface area contributed by atoms with Crippen LogP contribution in [-0.4, -0.2) is 22.7 Å². The maximum Gasteiger partial charge on any atom is 0.297 e. The van der Waals surface area contributed by atoms with Crippen LogP contribution >= 0.6 is 11.3 Å². The van der Waals surface area contributed by atoms with Crippen molar-refractivity contribution in [1.29, 1.82) is 0 Å². The summed E-state index contributed by atoms with van der Waals surface area (Å²) in [5, 5.41) is 10.2. The number of nitrogens with zero attached hydrogens (tertiary/aromatic N) is 3. The monoisotopic (exact) mass is 459 g/mol. The molecule has 1 atom stereocenters. The quantitative estimate of drug-likeness (QED) is 0.365. The van der Waals surface area contributed by atoms with Gasteiger partial charge in [-0.15, -0.1) is 10.2 Å². The van der Waals surface area contributed by atoms with Crippen LogP contribution in [0.25, 0.3) is 11.0 Å². The molecule has 4 aromatic rings. The Kier molecular flexibility index (Phi) is 5.51. The number of ether oxygens (including phenoxy) is 1. The second-order valence-corrected chi connectivity index (χ2v) is 8.69. The van der Waals surface area contributed by atoms with E-state index in [9.17, 15) is 9.59 Å². The van der Waals surface area contributed by atoms with E-state index in [1.807, 2.05) is 24.3 Å². The number of carbonyl (C=O) groups is 1. The molecule has 1 unspecified atom stereocenters. The number of amides is 1. The zero-order valence-electron chi connectivity index (χ0n) is 18.0. The minimum Gasteiger partial charge on any atom is -0.490 e. The number of aromatic nitrogens is 2. The van der Waals surface area contributed by atoms with Crippen molar-refractivity contribution >= 4 is 33.3 Å². The van der Waals surface area contributed by atoms with E-state index in [1.54, 1.807) is 30.3 Å². The van der Waals surface area contributed by atoms with Crippen LogP contribution in [-0.2, 0) is 6.42 Å². The molecular formula is C25H21N3O4S. The molecule has 166 valence electrons. The molecule has 33 heavy (non-hydrogen) atoms. The van der Waals surface area contributed by atoms with E-state index in [0.29, 0.717) is 34.0 Å². The van der Waals surface area contributed by atoms with Crippen molar-refractivity contribution in [3.05, 3.63) is 93.3 Å². The summed E-state index contributed by atoms with van der Waals surface area (Å²) in [4.78, 5) is 28.6. The number of aryl methyl sites for hydroxylation is 1. The fraction of sp³-hybridized carbons (Fsp3) is 0.200. The summed E-state index contributed by atoms with van der Waals surface area (Å²) in [6.45, 7) is 6.10. The lowest BCUT2D eigenvalue weighted by Crippen LogP contribution is -2.29. The Bertz CT molecular complexity index is 1410. The van der Waals surface area contributed by atoms with Gasteiger partial charge in [-0.3, -0.25) is 14.5 Å². The lowest BCUT2D eigenvalue weighted by atomic mass is 9.98. The highest BCUT2D eigenvalue weighted by Crippen LogP contribution is 2.42. The summed E-state index contributed by atoms with van der Waals surface area (Å²) in [7, 11) is 0. The van der Waals surface area contributed by atoms with Gasteiger partial charge in [-0.2, -0.15) is 0 Å². The summed E-state index contributed by atoms with van der Waals surface area (Å²) in [6.07, 6.45) is 3.36. The Balaban J connectivity index is 1.68.